The van der Waals surface area contributed by atoms with Crippen LogP contribution in [0.2, 0.25) is 0 Å². The van der Waals surface area contributed by atoms with Crippen LogP contribution >= 0.6 is 0 Å². The number of methoxy groups -OCH3 is 3. The quantitative estimate of drug-likeness (QED) is 0.535. The third-order valence-corrected chi connectivity index (χ3v) is 5.16. The number of carbonyl (C=O) groups excluding carboxylic acids is 2. The molecule has 1 heterocycles. The number of hydrogen-bond acceptors (Lipinski definition) is 5. The Morgan fingerprint density at radius 3 is 2.40 bits per heavy atom. The summed E-state index contributed by atoms with van der Waals surface area (Å²) in [5.41, 5.74) is 2.53. The molecule has 2 aromatic rings. The van der Waals surface area contributed by atoms with Crippen LogP contribution in [-0.2, 0) is 20.7 Å². The number of carbonyl (C=O) groups is 2. The van der Waals surface area contributed by atoms with Gasteiger partial charge in [-0.05, 0) is 53.5 Å². The number of ether oxygens (including phenoxy) is 3. The van der Waals surface area contributed by atoms with Crippen LogP contribution in [0.5, 0.6) is 11.5 Å². The van der Waals surface area contributed by atoms with E-state index in [4.69, 9.17) is 14.2 Å². The van der Waals surface area contributed by atoms with Crippen molar-refractivity contribution in [2.24, 2.45) is 0 Å². The van der Waals surface area contributed by atoms with E-state index in [1.807, 2.05) is 12.1 Å². The average Bonchev–Trinajstić information content (AvgIpc) is 2.77. The molecule has 0 N–H and O–H groups in total. The normalized spacial score (nSPS) is 15.6. The maximum absolute atomic E-state index is 13.1. The fourth-order valence-corrected chi connectivity index (χ4v) is 3.59. The monoisotopic (exact) mass is 413 g/mol. The van der Waals surface area contributed by atoms with Gasteiger partial charge in [-0.15, -0.1) is 0 Å². The first-order valence-corrected chi connectivity index (χ1v) is 9.52. The molecule has 0 radical (unpaired) electrons. The van der Waals surface area contributed by atoms with E-state index in [2.05, 4.69) is 0 Å². The number of halogens is 1. The van der Waals surface area contributed by atoms with Gasteiger partial charge in [-0.2, -0.15) is 0 Å². The zero-order chi connectivity index (χ0) is 21.7. The average molecular weight is 413 g/mol. The van der Waals surface area contributed by atoms with Gasteiger partial charge < -0.3 is 19.1 Å². The Hall–Kier alpha value is -3.35. The Kier molecular flexibility index (Phi) is 6.72. The van der Waals surface area contributed by atoms with Crippen molar-refractivity contribution in [3.05, 3.63) is 65.0 Å². The summed E-state index contributed by atoms with van der Waals surface area (Å²) in [6.07, 6.45) is 3.70. The Morgan fingerprint density at radius 2 is 1.77 bits per heavy atom. The van der Waals surface area contributed by atoms with E-state index in [-0.39, 0.29) is 18.1 Å². The predicted octanol–water partition coefficient (Wildman–Crippen LogP) is 3.55. The highest BCUT2D eigenvalue weighted by atomic mass is 19.1. The standard InChI is InChI=1S/C23H24FNO5/c1-28-20-12-16-10-11-25(22(26)9-6-15-4-7-17(24)8-5-15)19(14-23(27)30-3)18(16)13-21(20)29-2/h4-9,12-13,19H,10-11,14H2,1-3H3/b9-6+/t19-/m0/s1. The molecule has 30 heavy (non-hydrogen) atoms. The molecule has 1 amide bonds. The molecule has 3 rings (SSSR count). The molecule has 7 heteroatoms. The molecule has 1 atom stereocenters. The molecule has 0 saturated carbocycles. The second kappa shape index (κ2) is 9.43. The molecule has 0 spiro atoms. The first-order chi connectivity index (χ1) is 14.5. The fraction of sp³-hybridized carbons (Fsp3) is 0.304. The third kappa shape index (κ3) is 4.62. The second-order valence-electron chi connectivity index (χ2n) is 6.87. The van der Waals surface area contributed by atoms with Crippen molar-refractivity contribution in [3.8, 4) is 11.5 Å². The zero-order valence-corrected chi connectivity index (χ0v) is 17.2. The summed E-state index contributed by atoms with van der Waals surface area (Å²) in [7, 11) is 4.42. The van der Waals surface area contributed by atoms with Gasteiger partial charge in [-0.1, -0.05) is 12.1 Å². The summed E-state index contributed by atoms with van der Waals surface area (Å²) in [5.74, 6) is 0.136. The van der Waals surface area contributed by atoms with Gasteiger partial charge in [0, 0.05) is 12.6 Å². The Bertz CT molecular complexity index is 955. The molecule has 0 unspecified atom stereocenters. The number of rotatable bonds is 6. The minimum absolute atomic E-state index is 0.0229. The molecule has 1 aliphatic heterocycles. The highest BCUT2D eigenvalue weighted by Gasteiger charge is 2.33. The lowest BCUT2D eigenvalue weighted by Crippen LogP contribution is -2.40. The fourth-order valence-electron chi connectivity index (χ4n) is 3.59. The van der Waals surface area contributed by atoms with E-state index in [1.165, 1.54) is 32.4 Å². The molecule has 2 aromatic carbocycles. The molecular formula is C23H24FNO5. The largest absolute Gasteiger partial charge is 0.493 e. The van der Waals surface area contributed by atoms with Gasteiger partial charge in [0.05, 0.1) is 33.8 Å². The number of benzene rings is 2. The number of hydrogen-bond donors (Lipinski definition) is 0. The minimum Gasteiger partial charge on any atom is -0.493 e. The van der Waals surface area contributed by atoms with Crippen LogP contribution in [0, 0.1) is 5.82 Å². The van der Waals surface area contributed by atoms with Crippen LogP contribution in [0.3, 0.4) is 0 Å². The van der Waals surface area contributed by atoms with Crippen molar-refractivity contribution in [1.29, 1.82) is 0 Å². The van der Waals surface area contributed by atoms with E-state index >= 15 is 0 Å². The summed E-state index contributed by atoms with van der Waals surface area (Å²) in [5, 5.41) is 0. The van der Waals surface area contributed by atoms with Crippen LogP contribution in [0.25, 0.3) is 6.08 Å². The van der Waals surface area contributed by atoms with Gasteiger partial charge in [-0.3, -0.25) is 9.59 Å². The van der Waals surface area contributed by atoms with E-state index < -0.39 is 12.0 Å². The van der Waals surface area contributed by atoms with E-state index in [0.717, 1.165) is 11.1 Å². The lowest BCUT2D eigenvalue weighted by molar-refractivity contribution is -0.143. The van der Waals surface area contributed by atoms with E-state index in [0.29, 0.717) is 30.0 Å². The maximum Gasteiger partial charge on any atom is 0.307 e. The summed E-state index contributed by atoms with van der Waals surface area (Å²) < 4.78 is 28.7. The van der Waals surface area contributed by atoms with Crippen LogP contribution in [-0.4, -0.2) is 44.7 Å². The summed E-state index contributed by atoms with van der Waals surface area (Å²) in [6.45, 7) is 0.441. The van der Waals surface area contributed by atoms with Crippen molar-refractivity contribution in [3.63, 3.8) is 0 Å². The van der Waals surface area contributed by atoms with Gasteiger partial charge in [-0.25, -0.2) is 4.39 Å². The van der Waals surface area contributed by atoms with Crippen LogP contribution in [0.15, 0.2) is 42.5 Å². The predicted molar refractivity (Wildman–Crippen MR) is 110 cm³/mol. The Morgan fingerprint density at radius 1 is 1.10 bits per heavy atom. The first-order valence-electron chi connectivity index (χ1n) is 9.52. The highest BCUT2D eigenvalue weighted by Crippen LogP contribution is 2.39. The first kappa shape index (κ1) is 21.4. The topological polar surface area (TPSA) is 65.1 Å². The number of esters is 1. The van der Waals surface area contributed by atoms with E-state index in [9.17, 15) is 14.0 Å². The zero-order valence-electron chi connectivity index (χ0n) is 17.2. The van der Waals surface area contributed by atoms with Crippen molar-refractivity contribution in [2.45, 2.75) is 18.9 Å². The van der Waals surface area contributed by atoms with Crippen molar-refractivity contribution < 1.29 is 28.2 Å². The minimum atomic E-state index is -0.494. The van der Waals surface area contributed by atoms with Gasteiger partial charge in [0.25, 0.3) is 0 Å². The van der Waals surface area contributed by atoms with Gasteiger partial charge in [0.2, 0.25) is 5.91 Å². The van der Waals surface area contributed by atoms with E-state index in [1.54, 1.807) is 30.2 Å². The Balaban J connectivity index is 1.92. The molecule has 0 aliphatic carbocycles. The van der Waals surface area contributed by atoms with Crippen LogP contribution in [0.4, 0.5) is 4.39 Å². The summed E-state index contributed by atoms with van der Waals surface area (Å²) in [6, 6.07) is 9.05. The molecule has 6 nitrogen and oxygen atoms in total. The summed E-state index contributed by atoms with van der Waals surface area (Å²) >= 11 is 0. The molecular weight excluding hydrogens is 389 g/mol. The SMILES string of the molecule is COC(=O)C[C@H]1c2cc(OC)c(OC)cc2CCN1C(=O)/C=C/c1ccc(F)cc1. The molecule has 0 saturated heterocycles. The number of nitrogens with zero attached hydrogens (tertiary/aromatic N) is 1. The van der Waals surface area contributed by atoms with Gasteiger partial charge >= 0.3 is 5.97 Å². The molecule has 158 valence electrons. The summed E-state index contributed by atoms with van der Waals surface area (Å²) in [4.78, 5) is 26.7. The molecule has 0 bridgehead atoms. The van der Waals surface area contributed by atoms with Gasteiger partial charge in [0.15, 0.2) is 11.5 Å². The third-order valence-electron chi connectivity index (χ3n) is 5.16. The molecule has 1 aliphatic rings. The smallest absolute Gasteiger partial charge is 0.307 e. The lowest BCUT2D eigenvalue weighted by atomic mass is 9.90. The van der Waals surface area contributed by atoms with Crippen molar-refractivity contribution in [1.82, 2.24) is 4.90 Å². The maximum atomic E-state index is 13.1. The van der Waals surface area contributed by atoms with Crippen LogP contribution in [0.1, 0.15) is 29.2 Å². The van der Waals surface area contributed by atoms with Crippen molar-refractivity contribution in [2.75, 3.05) is 27.9 Å². The molecule has 0 aromatic heterocycles. The molecule has 0 fully saturated rings. The van der Waals surface area contributed by atoms with Crippen LogP contribution < -0.4 is 9.47 Å². The second-order valence-corrected chi connectivity index (χ2v) is 6.87. The van der Waals surface area contributed by atoms with Crippen molar-refractivity contribution >= 4 is 18.0 Å². The number of amides is 1. The van der Waals surface area contributed by atoms with Gasteiger partial charge in [0.1, 0.15) is 5.82 Å². The lowest BCUT2D eigenvalue weighted by Gasteiger charge is -2.36. The Labute approximate surface area is 174 Å². The highest BCUT2D eigenvalue weighted by molar-refractivity contribution is 5.92. The number of fused-ring (bicyclic) bond motifs is 1.